The van der Waals surface area contributed by atoms with E-state index in [2.05, 4.69) is 10.1 Å². The molecule has 0 aliphatic rings. The second-order valence-corrected chi connectivity index (χ2v) is 7.52. The maximum atomic E-state index is 12.5. The molecule has 4 heterocycles. The molecule has 0 saturated carbocycles. The monoisotopic (exact) mass is 377 g/mol. The van der Waals surface area contributed by atoms with Crippen molar-refractivity contribution in [2.75, 3.05) is 0 Å². The van der Waals surface area contributed by atoms with E-state index in [1.165, 1.54) is 22.2 Å². The molecular formula is C18H11N5OS2. The number of aromatic nitrogens is 5. The van der Waals surface area contributed by atoms with Crippen LogP contribution >= 0.6 is 22.7 Å². The van der Waals surface area contributed by atoms with Crippen molar-refractivity contribution in [1.82, 2.24) is 24.4 Å². The third-order valence-corrected chi connectivity index (χ3v) is 5.78. The number of thiophene rings is 1. The van der Waals surface area contributed by atoms with Gasteiger partial charge in [-0.3, -0.25) is 4.79 Å². The van der Waals surface area contributed by atoms with Gasteiger partial charge in [0.2, 0.25) is 4.96 Å². The lowest BCUT2D eigenvalue weighted by Crippen LogP contribution is -2.23. The molecule has 26 heavy (non-hydrogen) atoms. The lowest BCUT2D eigenvalue weighted by molar-refractivity contribution is 0.885. The molecule has 0 spiro atoms. The Morgan fingerprint density at radius 2 is 1.96 bits per heavy atom. The molecule has 0 aliphatic carbocycles. The molecule has 0 radical (unpaired) electrons. The number of fused-ring (bicyclic) bond motifs is 1. The highest BCUT2D eigenvalue weighted by atomic mass is 32.1. The largest absolute Gasteiger partial charge is 0.291 e. The number of hydrogen-bond donors (Lipinski definition) is 0. The molecule has 0 amide bonds. The summed E-state index contributed by atoms with van der Waals surface area (Å²) in [5.74, 6) is 0. The lowest BCUT2D eigenvalue weighted by Gasteiger charge is -1.99. The number of benzene rings is 1. The maximum absolute atomic E-state index is 12.5. The molecular weight excluding hydrogens is 366 g/mol. The standard InChI is InChI=1S/C18H11N5OS2/c24-17-15(26-18-19-11-20-23(17)18)9-12-10-22(13-5-2-1-3-6-13)21-16(12)14-7-4-8-25-14/h1-11H. The second-order valence-electron chi connectivity index (χ2n) is 5.56. The molecule has 0 bridgehead atoms. The van der Waals surface area contributed by atoms with Crippen LogP contribution in [0.4, 0.5) is 0 Å². The molecule has 4 aromatic heterocycles. The molecule has 0 N–H and O–H groups in total. The first kappa shape index (κ1) is 15.2. The van der Waals surface area contributed by atoms with Crippen LogP contribution in [0.25, 0.3) is 27.3 Å². The smallest absolute Gasteiger partial charge is 0.266 e. The van der Waals surface area contributed by atoms with E-state index in [0.717, 1.165) is 21.8 Å². The van der Waals surface area contributed by atoms with Crippen molar-refractivity contribution in [3.8, 4) is 16.3 Å². The van der Waals surface area contributed by atoms with E-state index in [4.69, 9.17) is 5.10 Å². The van der Waals surface area contributed by atoms with E-state index >= 15 is 0 Å². The Hall–Kier alpha value is -3.10. The Kier molecular flexibility index (Phi) is 3.51. The van der Waals surface area contributed by atoms with Crippen LogP contribution in [0.2, 0.25) is 0 Å². The zero-order valence-electron chi connectivity index (χ0n) is 13.3. The summed E-state index contributed by atoms with van der Waals surface area (Å²) in [7, 11) is 0. The third kappa shape index (κ3) is 2.47. The average molecular weight is 377 g/mol. The van der Waals surface area contributed by atoms with Crippen molar-refractivity contribution in [3.63, 3.8) is 0 Å². The molecule has 0 saturated heterocycles. The quantitative estimate of drug-likeness (QED) is 0.485. The van der Waals surface area contributed by atoms with Gasteiger partial charge in [0, 0.05) is 11.8 Å². The van der Waals surface area contributed by atoms with Crippen LogP contribution in [0.3, 0.4) is 0 Å². The number of nitrogens with zero attached hydrogens (tertiary/aromatic N) is 5. The summed E-state index contributed by atoms with van der Waals surface area (Å²) in [5.41, 5.74) is 2.54. The van der Waals surface area contributed by atoms with Gasteiger partial charge in [0.1, 0.15) is 12.0 Å². The minimum atomic E-state index is -0.160. The molecule has 0 aliphatic heterocycles. The lowest BCUT2D eigenvalue weighted by atomic mass is 10.2. The molecule has 0 unspecified atom stereocenters. The van der Waals surface area contributed by atoms with Gasteiger partial charge in [-0.05, 0) is 29.7 Å². The van der Waals surface area contributed by atoms with Gasteiger partial charge in [0.05, 0.1) is 15.1 Å². The Labute approximate surface area is 155 Å². The third-order valence-electron chi connectivity index (χ3n) is 3.93. The van der Waals surface area contributed by atoms with Crippen LogP contribution in [0, 0.1) is 0 Å². The maximum Gasteiger partial charge on any atom is 0.291 e. The van der Waals surface area contributed by atoms with Crippen LogP contribution in [-0.2, 0) is 0 Å². The predicted molar refractivity (Wildman–Crippen MR) is 103 cm³/mol. The number of rotatable bonds is 3. The molecule has 126 valence electrons. The summed E-state index contributed by atoms with van der Waals surface area (Å²) < 4.78 is 3.75. The van der Waals surface area contributed by atoms with E-state index in [1.54, 1.807) is 11.3 Å². The Morgan fingerprint density at radius 3 is 2.73 bits per heavy atom. The van der Waals surface area contributed by atoms with Gasteiger partial charge in [-0.2, -0.15) is 14.7 Å². The highest BCUT2D eigenvalue weighted by Gasteiger charge is 2.13. The van der Waals surface area contributed by atoms with Gasteiger partial charge in [-0.1, -0.05) is 35.6 Å². The summed E-state index contributed by atoms with van der Waals surface area (Å²) in [6.07, 6.45) is 5.20. The fourth-order valence-electron chi connectivity index (χ4n) is 2.73. The first-order chi connectivity index (χ1) is 12.8. The van der Waals surface area contributed by atoms with E-state index in [0.29, 0.717) is 9.49 Å². The van der Waals surface area contributed by atoms with Crippen molar-refractivity contribution in [3.05, 3.63) is 80.8 Å². The number of thiazole rings is 1. The second kappa shape index (κ2) is 6.01. The average Bonchev–Trinajstić information content (AvgIpc) is 3.43. The number of para-hydroxylation sites is 1. The first-order valence-electron chi connectivity index (χ1n) is 7.83. The normalized spacial score (nSPS) is 12.2. The van der Waals surface area contributed by atoms with Crippen molar-refractivity contribution >= 4 is 33.7 Å². The highest BCUT2D eigenvalue weighted by Crippen LogP contribution is 2.28. The van der Waals surface area contributed by atoms with Crippen LogP contribution in [-0.4, -0.2) is 24.4 Å². The van der Waals surface area contributed by atoms with Gasteiger partial charge in [-0.15, -0.1) is 11.3 Å². The molecule has 8 heteroatoms. The van der Waals surface area contributed by atoms with E-state index in [-0.39, 0.29) is 5.56 Å². The van der Waals surface area contributed by atoms with Gasteiger partial charge in [-0.25, -0.2) is 9.67 Å². The van der Waals surface area contributed by atoms with E-state index in [9.17, 15) is 4.79 Å². The molecule has 0 atom stereocenters. The van der Waals surface area contributed by atoms with Gasteiger partial charge < -0.3 is 0 Å². The first-order valence-corrected chi connectivity index (χ1v) is 9.52. The van der Waals surface area contributed by atoms with Crippen LogP contribution in [0.15, 0.2) is 65.2 Å². The van der Waals surface area contributed by atoms with Crippen LogP contribution < -0.4 is 10.1 Å². The zero-order valence-corrected chi connectivity index (χ0v) is 14.9. The van der Waals surface area contributed by atoms with Gasteiger partial charge in [0.25, 0.3) is 5.56 Å². The molecule has 0 fully saturated rings. The van der Waals surface area contributed by atoms with Crippen LogP contribution in [0.1, 0.15) is 5.56 Å². The Balaban J connectivity index is 1.74. The SMILES string of the molecule is O=c1c(=Cc2cn(-c3ccccc3)nc2-c2cccs2)sc2ncnn12. The topological polar surface area (TPSA) is 65.1 Å². The fourth-order valence-corrected chi connectivity index (χ4v) is 4.33. The van der Waals surface area contributed by atoms with E-state index in [1.807, 2.05) is 64.8 Å². The summed E-state index contributed by atoms with van der Waals surface area (Å²) in [5, 5.41) is 10.7. The van der Waals surface area contributed by atoms with Gasteiger partial charge >= 0.3 is 0 Å². The van der Waals surface area contributed by atoms with E-state index < -0.39 is 0 Å². The zero-order chi connectivity index (χ0) is 17.5. The fraction of sp³-hybridized carbons (Fsp3) is 0. The Bertz CT molecular complexity index is 1300. The summed E-state index contributed by atoms with van der Waals surface area (Å²) in [4.78, 5) is 18.2. The van der Waals surface area contributed by atoms with Crippen molar-refractivity contribution in [2.45, 2.75) is 0 Å². The minimum Gasteiger partial charge on any atom is -0.266 e. The molecule has 5 rings (SSSR count). The summed E-state index contributed by atoms with van der Waals surface area (Å²) in [6.45, 7) is 0. The van der Waals surface area contributed by atoms with Crippen LogP contribution in [0.5, 0.6) is 0 Å². The summed E-state index contributed by atoms with van der Waals surface area (Å²) >= 11 is 2.94. The Morgan fingerprint density at radius 1 is 1.08 bits per heavy atom. The molecule has 6 nitrogen and oxygen atoms in total. The van der Waals surface area contributed by atoms with Gasteiger partial charge in [0.15, 0.2) is 0 Å². The molecule has 1 aromatic carbocycles. The highest BCUT2D eigenvalue weighted by molar-refractivity contribution is 7.15. The number of hydrogen-bond acceptors (Lipinski definition) is 6. The summed E-state index contributed by atoms with van der Waals surface area (Å²) in [6, 6.07) is 13.9. The van der Waals surface area contributed by atoms with Crippen molar-refractivity contribution in [1.29, 1.82) is 0 Å². The minimum absolute atomic E-state index is 0.160. The predicted octanol–water partition coefficient (Wildman–Crippen LogP) is 2.61. The van der Waals surface area contributed by atoms with Crippen molar-refractivity contribution in [2.24, 2.45) is 0 Å². The van der Waals surface area contributed by atoms with Crippen molar-refractivity contribution < 1.29 is 0 Å². The molecule has 5 aromatic rings.